The number of hydrogen-bond donors (Lipinski definition) is 2. The minimum atomic E-state index is -0.344. The van der Waals surface area contributed by atoms with Gasteiger partial charge in [-0.3, -0.25) is 4.79 Å². The molecule has 2 heterocycles. The first-order valence-corrected chi connectivity index (χ1v) is 10.6. The van der Waals surface area contributed by atoms with Crippen LogP contribution in [0.4, 0.5) is 10.5 Å². The molecule has 8 heteroatoms. The summed E-state index contributed by atoms with van der Waals surface area (Å²) in [6.07, 6.45) is 2.15. The van der Waals surface area contributed by atoms with E-state index in [4.69, 9.17) is 9.15 Å². The number of carbonyl (C=O) groups is 2. The molecule has 1 saturated heterocycles. The number of rotatable bonds is 6. The number of morpholine rings is 1. The van der Waals surface area contributed by atoms with E-state index in [-0.39, 0.29) is 11.9 Å². The van der Waals surface area contributed by atoms with E-state index >= 15 is 0 Å². The van der Waals surface area contributed by atoms with Gasteiger partial charge in [-0.15, -0.1) is 0 Å². The maximum atomic E-state index is 12.6. The van der Waals surface area contributed by atoms with Gasteiger partial charge in [0.05, 0.1) is 18.9 Å². The van der Waals surface area contributed by atoms with Gasteiger partial charge in [0.15, 0.2) is 0 Å². The molecule has 0 bridgehead atoms. The molecule has 0 unspecified atom stereocenters. The first kappa shape index (κ1) is 21.6. The number of amides is 3. The highest BCUT2D eigenvalue weighted by Gasteiger charge is 2.18. The number of oxazole rings is 1. The maximum absolute atomic E-state index is 12.6. The molecule has 1 aliphatic rings. The van der Waals surface area contributed by atoms with E-state index in [9.17, 15) is 9.59 Å². The summed E-state index contributed by atoms with van der Waals surface area (Å²) in [4.78, 5) is 31.1. The first-order chi connectivity index (χ1) is 15.6. The van der Waals surface area contributed by atoms with Gasteiger partial charge in [-0.1, -0.05) is 23.8 Å². The molecule has 4 rings (SSSR count). The van der Waals surface area contributed by atoms with Crippen LogP contribution in [0.1, 0.15) is 21.6 Å². The number of nitrogens with one attached hydrogen (secondary N) is 2. The fourth-order valence-corrected chi connectivity index (χ4v) is 3.41. The third-order valence-electron chi connectivity index (χ3n) is 5.18. The Balaban J connectivity index is 1.26. The fourth-order valence-electron chi connectivity index (χ4n) is 3.41. The Morgan fingerprint density at radius 3 is 2.66 bits per heavy atom. The summed E-state index contributed by atoms with van der Waals surface area (Å²) in [7, 11) is 0. The number of nitrogens with zero attached hydrogens (tertiary/aromatic N) is 2. The lowest BCUT2D eigenvalue weighted by molar-refractivity contribution is 0.0303. The van der Waals surface area contributed by atoms with Crippen LogP contribution in [0.25, 0.3) is 11.5 Å². The topological polar surface area (TPSA) is 96.7 Å². The first-order valence-electron chi connectivity index (χ1n) is 10.6. The lowest BCUT2D eigenvalue weighted by Gasteiger charge is -2.27. The standard InChI is InChI=1S/C24H26N4O4/c1-17-5-7-18(8-6-17)22-26-21(16-32-22)9-10-25-24(30)27-20-4-2-3-19(15-20)23(29)28-11-13-31-14-12-28/h2-8,15-16H,9-14H2,1H3,(H2,25,27,30). The van der Waals surface area contributed by atoms with Crippen molar-refractivity contribution in [3.05, 3.63) is 71.6 Å². The Kier molecular flexibility index (Phi) is 6.81. The van der Waals surface area contributed by atoms with E-state index in [1.54, 1.807) is 35.4 Å². The summed E-state index contributed by atoms with van der Waals surface area (Å²) in [5.74, 6) is 0.499. The highest BCUT2D eigenvalue weighted by Crippen LogP contribution is 2.19. The Morgan fingerprint density at radius 1 is 1.09 bits per heavy atom. The zero-order chi connectivity index (χ0) is 22.3. The molecule has 1 aromatic heterocycles. The Bertz CT molecular complexity index is 1070. The van der Waals surface area contributed by atoms with Gasteiger partial charge in [0.2, 0.25) is 5.89 Å². The molecule has 0 aliphatic carbocycles. The molecule has 3 aromatic rings. The van der Waals surface area contributed by atoms with Gasteiger partial charge >= 0.3 is 6.03 Å². The maximum Gasteiger partial charge on any atom is 0.319 e. The second-order valence-corrected chi connectivity index (χ2v) is 7.63. The smallest absolute Gasteiger partial charge is 0.319 e. The van der Waals surface area contributed by atoms with Crippen molar-refractivity contribution >= 4 is 17.6 Å². The van der Waals surface area contributed by atoms with Crippen molar-refractivity contribution in [2.75, 3.05) is 38.2 Å². The normalized spacial score (nSPS) is 13.6. The molecule has 3 amide bonds. The number of ether oxygens (including phenoxy) is 1. The van der Waals surface area contributed by atoms with Crippen LogP contribution in [0.2, 0.25) is 0 Å². The Labute approximate surface area is 186 Å². The largest absolute Gasteiger partial charge is 0.444 e. The highest BCUT2D eigenvalue weighted by atomic mass is 16.5. The van der Waals surface area contributed by atoms with Crippen LogP contribution >= 0.6 is 0 Å². The monoisotopic (exact) mass is 434 g/mol. The summed E-state index contributed by atoms with van der Waals surface area (Å²) in [5.41, 5.74) is 3.95. The highest BCUT2D eigenvalue weighted by molar-refractivity contribution is 5.97. The summed E-state index contributed by atoms with van der Waals surface area (Å²) in [5, 5.41) is 5.58. The molecule has 2 N–H and O–H groups in total. The van der Waals surface area contributed by atoms with Crippen molar-refractivity contribution in [1.82, 2.24) is 15.2 Å². The van der Waals surface area contributed by atoms with Gasteiger partial charge in [0.1, 0.15) is 6.26 Å². The molecule has 1 aliphatic heterocycles. The van der Waals surface area contributed by atoms with E-state index < -0.39 is 0 Å². The number of aryl methyl sites for hydroxylation is 1. The molecule has 0 saturated carbocycles. The zero-order valence-corrected chi connectivity index (χ0v) is 18.0. The number of hydrogen-bond acceptors (Lipinski definition) is 5. The van der Waals surface area contributed by atoms with Crippen molar-refractivity contribution in [2.24, 2.45) is 0 Å². The number of urea groups is 1. The van der Waals surface area contributed by atoms with Crippen molar-refractivity contribution in [2.45, 2.75) is 13.3 Å². The molecule has 32 heavy (non-hydrogen) atoms. The second kappa shape index (κ2) is 10.1. The van der Waals surface area contributed by atoms with Gasteiger partial charge in [-0.05, 0) is 37.3 Å². The van der Waals surface area contributed by atoms with Crippen LogP contribution < -0.4 is 10.6 Å². The number of carbonyl (C=O) groups excluding carboxylic acids is 2. The fraction of sp³-hybridized carbons (Fsp3) is 0.292. The Hall–Kier alpha value is -3.65. The van der Waals surface area contributed by atoms with E-state index in [1.165, 1.54) is 5.56 Å². The van der Waals surface area contributed by atoms with Crippen LogP contribution in [0.5, 0.6) is 0 Å². The predicted octanol–water partition coefficient (Wildman–Crippen LogP) is 3.49. The van der Waals surface area contributed by atoms with Gasteiger partial charge in [-0.2, -0.15) is 0 Å². The summed E-state index contributed by atoms with van der Waals surface area (Å²) < 4.78 is 10.8. The van der Waals surface area contributed by atoms with E-state index in [0.29, 0.717) is 56.4 Å². The van der Waals surface area contributed by atoms with Crippen molar-refractivity contribution in [3.8, 4) is 11.5 Å². The molecule has 0 spiro atoms. The van der Waals surface area contributed by atoms with Crippen LogP contribution in [0.15, 0.2) is 59.2 Å². The zero-order valence-electron chi connectivity index (χ0n) is 18.0. The minimum absolute atomic E-state index is 0.0622. The van der Waals surface area contributed by atoms with E-state index in [0.717, 1.165) is 11.3 Å². The average Bonchev–Trinajstić information content (AvgIpc) is 3.29. The number of benzene rings is 2. The minimum Gasteiger partial charge on any atom is -0.444 e. The third-order valence-corrected chi connectivity index (χ3v) is 5.18. The SMILES string of the molecule is Cc1ccc(-c2nc(CCNC(=O)Nc3cccc(C(=O)N4CCOCC4)c3)co2)cc1. The summed E-state index contributed by atoms with van der Waals surface area (Å²) in [6, 6.07) is 14.5. The van der Waals surface area contributed by atoms with Crippen molar-refractivity contribution in [3.63, 3.8) is 0 Å². The average molecular weight is 434 g/mol. The van der Waals surface area contributed by atoms with Gasteiger partial charge in [0.25, 0.3) is 5.91 Å². The molecule has 2 aromatic carbocycles. The molecule has 0 atom stereocenters. The van der Waals surface area contributed by atoms with Crippen LogP contribution in [0.3, 0.4) is 0 Å². The van der Waals surface area contributed by atoms with Crippen LogP contribution in [-0.2, 0) is 11.2 Å². The lowest BCUT2D eigenvalue weighted by Crippen LogP contribution is -2.40. The van der Waals surface area contributed by atoms with Gasteiger partial charge < -0.3 is 24.7 Å². The summed E-state index contributed by atoms with van der Waals surface area (Å²) >= 11 is 0. The molecule has 8 nitrogen and oxygen atoms in total. The van der Waals surface area contributed by atoms with E-state index in [1.807, 2.05) is 31.2 Å². The molecular weight excluding hydrogens is 408 g/mol. The molecule has 1 fully saturated rings. The second-order valence-electron chi connectivity index (χ2n) is 7.63. The predicted molar refractivity (Wildman–Crippen MR) is 121 cm³/mol. The van der Waals surface area contributed by atoms with Gasteiger partial charge in [0, 0.05) is 42.9 Å². The lowest BCUT2D eigenvalue weighted by atomic mass is 10.1. The number of anilines is 1. The van der Waals surface area contributed by atoms with Crippen LogP contribution in [-0.4, -0.2) is 54.7 Å². The Morgan fingerprint density at radius 2 is 1.88 bits per heavy atom. The number of aromatic nitrogens is 1. The quantitative estimate of drug-likeness (QED) is 0.619. The van der Waals surface area contributed by atoms with Crippen molar-refractivity contribution < 1.29 is 18.7 Å². The molecule has 0 radical (unpaired) electrons. The summed E-state index contributed by atoms with van der Waals surface area (Å²) in [6.45, 7) is 4.67. The van der Waals surface area contributed by atoms with E-state index in [2.05, 4.69) is 15.6 Å². The molecular formula is C24H26N4O4. The van der Waals surface area contributed by atoms with Crippen LogP contribution in [0, 0.1) is 6.92 Å². The van der Waals surface area contributed by atoms with Gasteiger partial charge in [-0.25, -0.2) is 9.78 Å². The van der Waals surface area contributed by atoms with Crippen molar-refractivity contribution in [1.29, 1.82) is 0 Å². The third kappa shape index (κ3) is 5.53. The molecule has 166 valence electrons.